The van der Waals surface area contributed by atoms with Crippen LogP contribution in [0.3, 0.4) is 0 Å². The molecule has 3 heterocycles. The summed E-state index contributed by atoms with van der Waals surface area (Å²) < 4.78 is 12.4. The Hall–Kier alpha value is -2.94. The van der Waals surface area contributed by atoms with E-state index in [9.17, 15) is 14.7 Å². The van der Waals surface area contributed by atoms with Gasteiger partial charge in [0.25, 0.3) is 5.91 Å². The van der Waals surface area contributed by atoms with E-state index in [-0.39, 0.29) is 36.5 Å². The zero-order chi connectivity index (χ0) is 26.1. The number of fused-ring (bicyclic) bond motifs is 5. The first-order chi connectivity index (χ1) is 18.5. The fraction of sp³-hybridized carbons (Fsp3) is 0.533. The van der Waals surface area contributed by atoms with E-state index in [0.717, 1.165) is 30.4 Å². The summed E-state index contributed by atoms with van der Waals surface area (Å²) in [5, 5.41) is 16.8. The molecule has 2 amide bonds. The lowest BCUT2D eigenvalue weighted by Gasteiger charge is -2.38. The summed E-state index contributed by atoms with van der Waals surface area (Å²) in [5.41, 5.74) is 2.54. The minimum absolute atomic E-state index is 0.0464. The number of likely N-dealkylation sites (tertiary alicyclic amines) is 1. The SMILES string of the molecule is O=C1N[C@H]2C[C@@H](C(=O)NC[C@H]3O[C@H](CCOc4cc(-c5ccccc5)ccc41)CC[C@@H]3O)N(C1CCC1)C2. The Bertz CT molecular complexity index is 1150. The highest BCUT2D eigenvalue weighted by atomic mass is 16.5. The number of carbonyl (C=O) groups is 2. The lowest BCUT2D eigenvalue weighted by atomic mass is 9.91. The van der Waals surface area contributed by atoms with E-state index in [0.29, 0.717) is 49.8 Å². The summed E-state index contributed by atoms with van der Waals surface area (Å²) in [4.78, 5) is 29.1. The van der Waals surface area contributed by atoms with Crippen molar-refractivity contribution in [3.63, 3.8) is 0 Å². The average Bonchev–Trinajstić information content (AvgIpc) is 3.30. The summed E-state index contributed by atoms with van der Waals surface area (Å²) in [7, 11) is 0. The Morgan fingerprint density at radius 3 is 2.58 bits per heavy atom. The molecule has 3 N–H and O–H groups in total. The van der Waals surface area contributed by atoms with Gasteiger partial charge in [-0.2, -0.15) is 0 Å². The maximum atomic E-state index is 13.5. The number of aliphatic hydroxyl groups excluding tert-OH is 1. The van der Waals surface area contributed by atoms with Gasteiger partial charge in [-0.15, -0.1) is 0 Å². The molecule has 6 rings (SSSR count). The van der Waals surface area contributed by atoms with Crippen molar-refractivity contribution in [3.8, 4) is 16.9 Å². The minimum atomic E-state index is -0.598. The molecule has 8 nitrogen and oxygen atoms in total. The number of rotatable bonds is 2. The van der Waals surface area contributed by atoms with Crippen LogP contribution >= 0.6 is 0 Å². The van der Waals surface area contributed by atoms with Gasteiger partial charge in [0.05, 0.1) is 30.4 Å². The fourth-order valence-electron chi connectivity index (χ4n) is 6.21. The highest BCUT2D eigenvalue weighted by Crippen LogP contribution is 2.33. The number of benzene rings is 2. The van der Waals surface area contributed by atoms with Crippen LogP contribution in [-0.2, 0) is 9.53 Å². The maximum absolute atomic E-state index is 13.5. The molecule has 3 fully saturated rings. The lowest BCUT2D eigenvalue weighted by molar-refractivity contribution is -0.134. The van der Waals surface area contributed by atoms with Crippen molar-refractivity contribution in [2.24, 2.45) is 0 Å². The third-order valence-electron chi connectivity index (χ3n) is 8.61. The Balaban J connectivity index is 1.29. The lowest BCUT2D eigenvalue weighted by Crippen LogP contribution is -2.53. The number of aliphatic hydroxyl groups is 1. The highest BCUT2D eigenvalue weighted by molar-refractivity contribution is 5.98. The molecule has 2 aromatic rings. The van der Waals surface area contributed by atoms with E-state index in [1.807, 2.05) is 48.5 Å². The molecule has 0 aromatic heterocycles. The molecule has 0 radical (unpaired) electrons. The van der Waals surface area contributed by atoms with Crippen LogP contribution in [0.1, 0.15) is 55.3 Å². The summed E-state index contributed by atoms with van der Waals surface area (Å²) in [5.74, 6) is 0.324. The number of nitrogens with zero attached hydrogens (tertiary/aromatic N) is 1. The summed E-state index contributed by atoms with van der Waals surface area (Å²) in [6.45, 7) is 1.32. The van der Waals surface area contributed by atoms with Gasteiger partial charge in [-0.25, -0.2) is 0 Å². The molecular weight excluding hydrogens is 482 g/mol. The smallest absolute Gasteiger partial charge is 0.255 e. The highest BCUT2D eigenvalue weighted by Gasteiger charge is 2.43. The van der Waals surface area contributed by atoms with Gasteiger partial charge in [0.1, 0.15) is 11.9 Å². The van der Waals surface area contributed by atoms with E-state index >= 15 is 0 Å². The molecule has 1 saturated carbocycles. The molecule has 2 saturated heterocycles. The first kappa shape index (κ1) is 25.3. The zero-order valence-corrected chi connectivity index (χ0v) is 21.7. The van der Waals surface area contributed by atoms with Crippen LogP contribution < -0.4 is 15.4 Å². The number of amides is 2. The van der Waals surface area contributed by atoms with Crippen LogP contribution in [0.15, 0.2) is 48.5 Å². The molecule has 202 valence electrons. The van der Waals surface area contributed by atoms with Crippen molar-refractivity contribution in [2.45, 2.75) is 81.4 Å². The van der Waals surface area contributed by atoms with Gasteiger partial charge in [0.15, 0.2) is 0 Å². The molecular formula is C30H37N3O5. The van der Waals surface area contributed by atoms with Crippen LogP contribution in [0.4, 0.5) is 0 Å². The molecule has 1 aliphatic carbocycles. The molecule has 2 aromatic carbocycles. The minimum Gasteiger partial charge on any atom is -0.493 e. The number of carbonyl (C=O) groups excluding carboxylic acids is 2. The third kappa shape index (κ3) is 5.30. The van der Waals surface area contributed by atoms with Gasteiger partial charge in [0.2, 0.25) is 5.91 Å². The van der Waals surface area contributed by atoms with Crippen molar-refractivity contribution in [1.29, 1.82) is 0 Å². The normalized spacial score (nSPS) is 30.9. The Labute approximate surface area is 223 Å². The molecule has 8 heteroatoms. The maximum Gasteiger partial charge on any atom is 0.255 e. The predicted octanol–water partition coefficient (Wildman–Crippen LogP) is 2.89. The van der Waals surface area contributed by atoms with Crippen LogP contribution in [0.5, 0.6) is 5.75 Å². The monoisotopic (exact) mass is 519 g/mol. The first-order valence-electron chi connectivity index (χ1n) is 14.1. The van der Waals surface area contributed by atoms with E-state index in [4.69, 9.17) is 9.47 Å². The fourth-order valence-corrected chi connectivity index (χ4v) is 6.21. The van der Waals surface area contributed by atoms with Gasteiger partial charge in [0, 0.05) is 31.6 Å². The number of nitrogens with one attached hydrogen (secondary N) is 2. The molecule has 0 spiro atoms. The second kappa shape index (κ2) is 11.0. The van der Waals surface area contributed by atoms with Crippen LogP contribution in [0.25, 0.3) is 11.1 Å². The molecule has 4 aliphatic rings. The van der Waals surface area contributed by atoms with Gasteiger partial charge >= 0.3 is 0 Å². The topological polar surface area (TPSA) is 100 Å². The van der Waals surface area contributed by atoms with Crippen molar-refractivity contribution in [2.75, 3.05) is 19.7 Å². The predicted molar refractivity (Wildman–Crippen MR) is 143 cm³/mol. The van der Waals surface area contributed by atoms with Gasteiger partial charge in [-0.1, -0.05) is 42.8 Å². The number of hydrogen-bond acceptors (Lipinski definition) is 6. The quantitative estimate of drug-likeness (QED) is 0.564. The second-order valence-corrected chi connectivity index (χ2v) is 11.1. The van der Waals surface area contributed by atoms with Crippen molar-refractivity contribution >= 4 is 11.8 Å². The first-order valence-corrected chi connectivity index (χ1v) is 14.1. The second-order valence-electron chi connectivity index (χ2n) is 11.1. The average molecular weight is 520 g/mol. The van der Waals surface area contributed by atoms with Gasteiger partial charge < -0.3 is 25.2 Å². The standard InChI is InChI=1S/C30H37N3O5/c34-26-12-10-23-13-14-37-27-15-20(19-5-2-1-3-6-19)9-11-24(27)29(35)32-21-16-25(30(36)31-17-28(26)38-23)33(18-21)22-7-4-8-22/h1-3,5-6,9,11,15,21-23,25-26,28,34H,4,7-8,10,12-14,16-18H2,(H,31,36)(H,32,35)/t21-,23-,25-,26-,28+/m0/s1. The number of hydrogen-bond donors (Lipinski definition) is 3. The summed E-state index contributed by atoms with van der Waals surface area (Å²) >= 11 is 0. The Morgan fingerprint density at radius 2 is 1.79 bits per heavy atom. The third-order valence-corrected chi connectivity index (χ3v) is 8.61. The van der Waals surface area contributed by atoms with Gasteiger partial charge in [-0.05, 0) is 55.4 Å². The van der Waals surface area contributed by atoms with Gasteiger partial charge in [-0.3, -0.25) is 14.5 Å². The summed E-state index contributed by atoms with van der Waals surface area (Å²) in [6, 6.07) is 15.7. The van der Waals surface area contributed by atoms with E-state index in [2.05, 4.69) is 15.5 Å². The molecule has 4 bridgehead atoms. The van der Waals surface area contributed by atoms with E-state index < -0.39 is 12.2 Å². The molecule has 0 unspecified atom stereocenters. The van der Waals surface area contributed by atoms with Crippen molar-refractivity contribution < 1.29 is 24.2 Å². The van der Waals surface area contributed by atoms with Crippen LogP contribution in [0.2, 0.25) is 0 Å². The van der Waals surface area contributed by atoms with Crippen molar-refractivity contribution in [3.05, 3.63) is 54.1 Å². The van der Waals surface area contributed by atoms with Crippen LogP contribution in [-0.4, -0.2) is 78.0 Å². The zero-order valence-electron chi connectivity index (χ0n) is 21.7. The molecule has 3 aliphatic heterocycles. The molecule has 5 atom stereocenters. The Kier molecular flexibility index (Phi) is 7.37. The largest absolute Gasteiger partial charge is 0.493 e. The van der Waals surface area contributed by atoms with Crippen LogP contribution in [0, 0.1) is 0 Å². The van der Waals surface area contributed by atoms with E-state index in [1.165, 1.54) is 6.42 Å². The number of ether oxygens (including phenoxy) is 2. The summed E-state index contributed by atoms with van der Waals surface area (Å²) in [6.07, 6.45) is 4.77. The van der Waals surface area contributed by atoms with E-state index in [1.54, 1.807) is 0 Å². The van der Waals surface area contributed by atoms with Crippen molar-refractivity contribution in [1.82, 2.24) is 15.5 Å². The Morgan fingerprint density at radius 1 is 0.947 bits per heavy atom. The molecule has 38 heavy (non-hydrogen) atoms.